The van der Waals surface area contributed by atoms with Gasteiger partial charge in [-0.1, -0.05) is 18.2 Å². The highest BCUT2D eigenvalue weighted by Gasteiger charge is 2.43. The van der Waals surface area contributed by atoms with Crippen LogP contribution in [0.2, 0.25) is 0 Å². The number of methoxy groups -OCH3 is 3. The Morgan fingerprint density at radius 1 is 1.06 bits per heavy atom. The third-order valence-corrected chi connectivity index (χ3v) is 7.02. The number of hydrogen-bond acceptors (Lipinski definition) is 6. The quantitative estimate of drug-likeness (QED) is 0.633. The van der Waals surface area contributed by atoms with Crippen molar-refractivity contribution in [1.29, 1.82) is 0 Å². The van der Waals surface area contributed by atoms with Crippen LogP contribution >= 0.6 is 0 Å². The smallest absolute Gasteiger partial charge is 0.254 e. The molecule has 0 radical (unpaired) electrons. The summed E-state index contributed by atoms with van der Waals surface area (Å²) in [6, 6.07) is 13.2. The number of hydrogen-bond donors (Lipinski definition) is 1. The van der Waals surface area contributed by atoms with Crippen LogP contribution < -0.4 is 14.2 Å². The Morgan fingerprint density at radius 2 is 1.71 bits per heavy atom. The van der Waals surface area contributed by atoms with Crippen molar-refractivity contribution in [2.75, 3.05) is 41.0 Å². The fourth-order valence-corrected chi connectivity index (χ4v) is 5.21. The maximum atomic E-state index is 13.2. The van der Waals surface area contributed by atoms with E-state index in [0.29, 0.717) is 43.1 Å². The molecule has 168 valence electrons. The average Bonchev–Trinajstić information content (AvgIpc) is 3.20. The molecule has 31 heavy (non-hydrogen) atoms. The van der Waals surface area contributed by atoms with Gasteiger partial charge in [-0.15, -0.1) is 0 Å². The summed E-state index contributed by atoms with van der Waals surface area (Å²) in [4.78, 5) is 15.0. The van der Waals surface area contributed by atoms with Crippen molar-refractivity contribution in [3.63, 3.8) is 0 Å². The summed E-state index contributed by atoms with van der Waals surface area (Å²) in [6.45, 7) is 1.02. The summed E-state index contributed by atoms with van der Waals surface area (Å²) in [6.07, 6.45) is 0.927. The summed E-state index contributed by atoms with van der Waals surface area (Å²) in [7, 11) is 0.860. The molecule has 1 unspecified atom stereocenters. The maximum Gasteiger partial charge on any atom is 0.254 e. The Kier molecular flexibility index (Phi) is 7.19. The fraction of sp³-hybridized carbons (Fsp3) is 0.409. The number of carbonyl (C=O) groups excluding carboxylic acids is 1. The van der Waals surface area contributed by atoms with Gasteiger partial charge in [-0.25, -0.2) is 13.1 Å². The van der Waals surface area contributed by atoms with Gasteiger partial charge in [0.25, 0.3) is 5.91 Å². The molecule has 1 atom stereocenters. The van der Waals surface area contributed by atoms with Crippen molar-refractivity contribution in [2.45, 2.75) is 23.3 Å². The van der Waals surface area contributed by atoms with Gasteiger partial charge in [0, 0.05) is 38.4 Å². The van der Waals surface area contributed by atoms with Crippen molar-refractivity contribution in [3.05, 3.63) is 54.1 Å². The maximum absolute atomic E-state index is 13.2. The lowest BCUT2D eigenvalue weighted by Gasteiger charge is -2.30. The van der Waals surface area contributed by atoms with Crippen LogP contribution in [0.15, 0.2) is 53.4 Å². The van der Waals surface area contributed by atoms with Gasteiger partial charge in [0.15, 0.2) is 0 Å². The topological polar surface area (TPSA) is 94.2 Å². The lowest BCUT2D eigenvalue weighted by molar-refractivity contribution is 0.0774. The van der Waals surface area contributed by atoms with Crippen molar-refractivity contribution >= 4 is 15.9 Å². The van der Waals surface area contributed by atoms with Gasteiger partial charge in [-0.2, -0.15) is 0 Å². The minimum atomic E-state index is -3.75. The minimum absolute atomic E-state index is 0.189. The average molecular weight is 449 g/mol. The van der Waals surface area contributed by atoms with E-state index < -0.39 is 15.6 Å². The first kappa shape index (κ1) is 23.1. The lowest BCUT2D eigenvalue weighted by atomic mass is 9.96. The SMILES string of the molecule is COCCC1(NS(=O)(=O)c2ccccc2)CCN(C(=O)c2cc(OC)cc(OC)c2)C1. The van der Waals surface area contributed by atoms with Crippen molar-refractivity contribution in [3.8, 4) is 11.5 Å². The second-order valence-corrected chi connectivity index (χ2v) is 9.20. The first-order valence-corrected chi connectivity index (χ1v) is 11.4. The summed E-state index contributed by atoms with van der Waals surface area (Å²) in [5.74, 6) is 0.810. The van der Waals surface area contributed by atoms with E-state index in [0.717, 1.165) is 0 Å². The molecule has 3 rings (SSSR count). The molecule has 0 aliphatic carbocycles. The molecule has 1 N–H and O–H groups in total. The van der Waals surface area contributed by atoms with E-state index in [2.05, 4.69) is 4.72 Å². The van der Waals surface area contributed by atoms with Crippen LogP contribution in [0.25, 0.3) is 0 Å². The summed E-state index contributed by atoms with van der Waals surface area (Å²) >= 11 is 0. The summed E-state index contributed by atoms with van der Waals surface area (Å²) < 4.78 is 44.6. The minimum Gasteiger partial charge on any atom is -0.497 e. The molecule has 1 amide bonds. The van der Waals surface area contributed by atoms with Gasteiger partial charge in [0.2, 0.25) is 10.0 Å². The Hall–Kier alpha value is -2.62. The first-order valence-electron chi connectivity index (χ1n) is 9.93. The summed E-state index contributed by atoms with van der Waals surface area (Å²) in [5.41, 5.74) is -0.395. The fourth-order valence-electron chi connectivity index (χ4n) is 3.74. The van der Waals surface area contributed by atoms with Crippen molar-refractivity contribution < 1.29 is 27.4 Å². The number of likely N-dealkylation sites (tertiary alicyclic amines) is 1. The second kappa shape index (κ2) is 9.67. The number of rotatable bonds is 9. The predicted octanol–water partition coefficient (Wildman–Crippen LogP) is 2.30. The molecule has 9 heteroatoms. The largest absolute Gasteiger partial charge is 0.497 e. The van der Waals surface area contributed by atoms with Gasteiger partial charge in [0.1, 0.15) is 11.5 Å². The van der Waals surface area contributed by atoms with Crippen LogP contribution in [0.5, 0.6) is 11.5 Å². The molecule has 8 nitrogen and oxygen atoms in total. The molecule has 0 bridgehead atoms. The van der Waals surface area contributed by atoms with Gasteiger partial charge in [-0.3, -0.25) is 4.79 Å². The highest BCUT2D eigenvalue weighted by atomic mass is 32.2. The van der Waals surface area contributed by atoms with E-state index in [9.17, 15) is 13.2 Å². The predicted molar refractivity (Wildman–Crippen MR) is 116 cm³/mol. The lowest BCUT2D eigenvalue weighted by Crippen LogP contribution is -2.51. The number of amides is 1. The normalized spacial score (nSPS) is 18.7. The molecule has 1 heterocycles. The van der Waals surface area contributed by atoms with Crippen LogP contribution in [0, 0.1) is 0 Å². The van der Waals surface area contributed by atoms with Crippen molar-refractivity contribution in [2.24, 2.45) is 0 Å². The van der Waals surface area contributed by atoms with E-state index in [-0.39, 0.29) is 17.3 Å². The van der Waals surface area contributed by atoms with Gasteiger partial charge >= 0.3 is 0 Å². The molecule has 1 aliphatic heterocycles. The highest BCUT2D eigenvalue weighted by Crippen LogP contribution is 2.30. The number of carbonyl (C=O) groups is 1. The number of sulfonamides is 1. The monoisotopic (exact) mass is 448 g/mol. The van der Waals surface area contributed by atoms with Gasteiger partial charge in [-0.05, 0) is 37.1 Å². The van der Waals surface area contributed by atoms with Crippen LogP contribution in [-0.4, -0.2) is 65.8 Å². The second-order valence-electron chi connectivity index (χ2n) is 7.52. The number of benzene rings is 2. The molecule has 2 aromatic rings. The molecule has 1 aliphatic rings. The van der Waals surface area contributed by atoms with Gasteiger partial charge < -0.3 is 19.1 Å². The number of ether oxygens (including phenoxy) is 3. The molecule has 1 fully saturated rings. The molecular weight excluding hydrogens is 420 g/mol. The standard InChI is InChI=1S/C22H28N2O6S/c1-28-12-10-22(23-31(26,27)20-7-5-4-6-8-20)9-11-24(16-22)21(25)17-13-18(29-2)15-19(14-17)30-3/h4-8,13-15,23H,9-12,16H2,1-3H3. The van der Waals surface area contributed by atoms with Crippen LogP contribution in [-0.2, 0) is 14.8 Å². The molecule has 0 aromatic heterocycles. The van der Waals surface area contributed by atoms with E-state index in [1.54, 1.807) is 60.5 Å². The molecule has 0 saturated carbocycles. The molecule has 0 spiro atoms. The zero-order chi connectivity index (χ0) is 22.5. The zero-order valence-corrected chi connectivity index (χ0v) is 18.8. The Labute approximate surface area is 183 Å². The van der Waals surface area contributed by atoms with E-state index >= 15 is 0 Å². The Balaban J connectivity index is 1.84. The molecular formula is C22H28N2O6S. The van der Waals surface area contributed by atoms with Crippen LogP contribution in [0.4, 0.5) is 0 Å². The zero-order valence-electron chi connectivity index (χ0n) is 18.0. The Morgan fingerprint density at radius 3 is 2.29 bits per heavy atom. The molecule has 2 aromatic carbocycles. The van der Waals surface area contributed by atoms with E-state index in [1.165, 1.54) is 14.2 Å². The number of nitrogens with zero attached hydrogens (tertiary/aromatic N) is 1. The van der Waals surface area contributed by atoms with E-state index in [1.807, 2.05) is 0 Å². The third-order valence-electron chi connectivity index (χ3n) is 5.43. The number of nitrogens with one attached hydrogen (secondary N) is 1. The summed E-state index contributed by atoms with van der Waals surface area (Å²) in [5, 5.41) is 0. The van der Waals surface area contributed by atoms with Crippen LogP contribution in [0.1, 0.15) is 23.2 Å². The van der Waals surface area contributed by atoms with E-state index in [4.69, 9.17) is 14.2 Å². The molecule has 1 saturated heterocycles. The van der Waals surface area contributed by atoms with Gasteiger partial charge in [0.05, 0.1) is 24.7 Å². The first-order chi connectivity index (χ1) is 14.8. The Bertz CT molecular complexity index is 990. The highest BCUT2D eigenvalue weighted by molar-refractivity contribution is 7.89. The van der Waals surface area contributed by atoms with Crippen LogP contribution in [0.3, 0.4) is 0 Å². The van der Waals surface area contributed by atoms with Crippen molar-refractivity contribution in [1.82, 2.24) is 9.62 Å². The third kappa shape index (κ3) is 5.36.